The van der Waals surface area contributed by atoms with E-state index in [0.29, 0.717) is 51.0 Å². The largest absolute Gasteiger partial charge is 0.493 e. The van der Waals surface area contributed by atoms with E-state index in [1.807, 2.05) is 121 Å². The van der Waals surface area contributed by atoms with Crippen LogP contribution in [0.3, 0.4) is 0 Å². The van der Waals surface area contributed by atoms with Crippen molar-refractivity contribution < 1.29 is 70.5 Å². The maximum atomic E-state index is 18.2. The number of halogens is 2. The molecule has 6 aromatic carbocycles. The molecule has 0 aromatic heterocycles. The third kappa shape index (κ3) is 10.5. The average Bonchev–Trinajstić information content (AvgIpc) is 4.08. The molecule has 3 aliphatic heterocycles. The Kier molecular flexibility index (Phi) is 15.4. The molecule has 2 fully saturated rings. The first-order valence-corrected chi connectivity index (χ1v) is 24.5. The minimum Gasteiger partial charge on any atom is -0.493 e. The van der Waals surface area contributed by atoms with Crippen LogP contribution in [0.5, 0.6) is 28.7 Å². The number of amides is 1. The lowest BCUT2D eigenvalue weighted by Gasteiger charge is -2.48. The lowest BCUT2D eigenvalue weighted by Crippen LogP contribution is -2.67. The van der Waals surface area contributed by atoms with Gasteiger partial charge >= 0.3 is 11.9 Å². The number of hydrogen-bond donors (Lipinski definition) is 1. The monoisotopic (exact) mass is 1010 g/mol. The molecule has 2 saturated heterocycles. The fraction of sp³-hybridized carbons (Fsp3) is 0.345. The molecule has 0 spiro atoms. The zero-order chi connectivity index (χ0) is 51.2. The highest BCUT2D eigenvalue weighted by Crippen LogP contribution is 2.56. The normalized spacial score (nSPS) is 23.8. The molecular weight excluding hydrogens is 957 g/mol. The summed E-state index contributed by atoms with van der Waals surface area (Å²) in [5.74, 6) is -7.42. The summed E-state index contributed by atoms with van der Waals surface area (Å²) < 4.78 is 104. The Morgan fingerprint density at radius 2 is 1.12 bits per heavy atom. The van der Waals surface area contributed by atoms with E-state index in [-0.39, 0.29) is 46.4 Å². The van der Waals surface area contributed by atoms with Crippen LogP contribution in [0, 0.1) is 11.8 Å². The molecule has 10 rings (SSSR count). The molecule has 0 saturated carbocycles. The van der Waals surface area contributed by atoms with Crippen molar-refractivity contribution in [2.24, 2.45) is 11.8 Å². The molecule has 16 heteroatoms. The van der Waals surface area contributed by atoms with Gasteiger partial charge in [-0.15, -0.1) is 0 Å². The zero-order valence-electron chi connectivity index (χ0n) is 41.1. The Labute approximate surface area is 427 Å². The van der Waals surface area contributed by atoms with Crippen LogP contribution < -0.4 is 29.0 Å². The summed E-state index contributed by atoms with van der Waals surface area (Å²) in [6, 6.07) is 42.9. The van der Waals surface area contributed by atoms with E-state index in [2.05, 4.69) is 5.32 Å². The van der Waals surface area contributed by atoms with E-state index < -0.39 is 72.1 Å². The van der Waals surface area contributed by atoms with E-state index >= 15 is 13.6 Å². The molecule has 0 radical (unpaired) electrons. The van der Waals surface area contributed by atoms with Crippen LogP contribution >= 0.6 is 0 Å². The highest BCUT2D eigenvalue weighted by atomic mass is 19.3. The topological polar surface area (TPSA) is 148 Å². The molecule has 74 heavy (non-hydrogen) atoms. The first-order chi connectivity index (χ1) is 36.1. The van der Waals surface area contributed by atoms with E-state index in [9.17, 15) is 4.79 Å². The van der Waals surface area contributed by atoms with Gasteiger partial charge in [-0.05, 0) is 63.2 Å². The Morgan fingerprint density at radius 3 is 1.65 bits per heavy atom. The molecule has 14 nitrogen and oxygen atoms in total. The summed E-state index contributed by atoms with van der Waals surface area (Å²) in [6.07, 6.45) is -7.37. The fourth-order valence-electron chi connectivity index (χ4n) is 10.5. The van der Waals surface area contributed by atoms with Gasteiger partial charge in [-0.25, -0.2) is 0 Å². The molecule has 9 atom stereocenters. The number of alkyl halides is 2. The molecule has 3 heterocycles. The molecule has 6 aromatic rings. The van der Waals surface area contributed by atoms with Crippen LogP contribution in [0.1, 0.15) is 50.9 Å². The lowest BCUT2D eigenvalue weighted by molar-refractivity contribution is -0.304. The van der Waals surface area contributed by atoms with Crippen LogP contribution in [0.25, 0.3) is 0 Å². The summed E-state index contributed by atoms with van der Waals surface area (Å²) >= 11 is 0. The SMILES string of the molecule is COc1cc([C@@H]2c3cc4c(cc3[C@@H](NC(=O)C(F)(F)[C@@H]3O[C@H](COCc5ccccc5)[C@@H](OCc5ccccc5)[C@H](OCc5ccccc5)[C@H]3OCc3ccccc3)C3COC(=O)[C@@H]32)OCO4)cc(OC)c1OC. The van der Waals surface area contributed by atoms with Crippen molar-refractivity contribution in [3.05, 3.63) is 185 Å². The van der Waals surface area contributed by atoms with Crippen LogP contribution in [-0.2, 0) is 64.4 Å². The number of carbonyl (C=O) groups excluding carboxylic acids is 2. The van der Waals surface area contributed by atoms with Gasteiger partial charge in [0.25, 0.3) is 5.91 Å². The number of ether oxygens (including phenoxy) is 11. The van der Waals surface area contributed by atoms with E-state index in [4.69, 9.17) is 52.1 Å². The second kappa shape index (κ2) is 22.6. The van der Waals surface area contributed by atoms with Crippen molar-refractivity contribution in [1.82, 2.24) is 5.32 Å². The van der Waals surface area contributed by atoms with Crippen molar-refractivity contribution in [1.29, 1.82) is 0 Å². The zero-order valence-corrected chi connectivity index (χ0v) is 41.1. The Bertz CT molecular complexity index is 2840. The number of benzene rings is 6. The van der Waals surface area contributed by atoms with Gasteiger partial charge in [0, 0.05) is 11.8 Å². The second-order valence-corrected chi connectivity index (χ2v) is 18.5. The van der Waals surface area contributed by atoms with Crippen LogP contribution in [-0.4, -0.2) is 89.7 Å². The number of fused-ring (bicyclic) bond motifs is 3. The van der Waals surface area contributed by atoms with E-state index in [1.165, 1.54) is 21.3 Å². The summed E-state index contributed by atoms with van der Waals surface area (Å²) in [6.45, 7) is -0.436. The summed E-state index contributed by atoms with van der Waals surface area (Å²) in [4.78, 5) is 29.1. The van der Waals surface area contributed by atoms with Gasteiger partial charge in [0.15, 0.2) is 29.1 Å². The molecule has 4 aliphatic rings. The highest BCUT2D eigenvalue weighted by molar-refractivity contribution is 5.86. The van der Waals surface area contributed by atoms with Crippen molar-refractivity contribution >= 4 is 11.9 Å². The number of nitrogens with one attached hydrogen (secondary N) is 1. The van der Waals surface area contributed by atoms with Crippen molar-refractivity contribution in [3.8, 4) is 28.7 Å². The summed E-state index contributed by atoms with van der Waals surface area (Å²) in [5.41, 5.74) is 4.65. The smallest absolute Gasteiger partial charge is 0.352 e. The minimum atomic E-state index is -4.33. The molecule has 386 valence electrons. The van der Waals surface area contributed by atoms with Crippen LogP contribution in [0.2, 0.25) is 0 Å². The first-order valence-electron chi connectivity index (χ1n) is 24.5. The number of rotatable bonds is 20. The molecule has 1 unspecified atom stereocenters. The minimum absolute atomic E-state index is 0.0108. The maximum Gasteiger partial charge on any atom is 0.352 e. The maximum absolute atomic E-state index is 18.2. The van der Waals surface area contributed by atoms with Gasteiger partial charge in [-0.3, -0.25) is 9.59 Å². The lowest BCUT2D eigenvalue weighted by atomic mass is 9.65. The van der Waals surface area contributed by atoms with Crippen LogP contribution in [0.15, 0.2) is 146 Å². The number of carbonyl (C=O) groups is 2. The number of esters is 1. The van der Waals surface area contributed by atoms with Gasteiger partial charge in [0.05, 0.1) is 72.9 Å². The molecule has 1 aliphatic carbocycles. The molecule has 1 N–H and O–H groups in total. The first kappa shape index (κ1) is 50.5. The third-order valence-corrected chi connectivity index (χ3v) is 14.1. The van der Waals surface area contributed by atoms with Gasteiger partial charge in [-0.2, -0.15) is 8.78 Å². The third-order valence-electron chi connectivity index (χ3n) is 14.1. The standard InChI is InChI=1S/C58H57F2NO13/c1-64-45-24-39(25-46(65-2)51(45)66-3)48-40-26-43-44(73-34-72-43)27-41(40)50(42-32-71-56(62)49(42)48)61-57(63)58(59,60)55-54(70-31-38-22-14-7-15-23-38)53(69-30-37-20-12-6-13-21-37)52(68-29-36-18-10-5-11-19-36)47(74-55)33-67-28-35-16-8-4-9-17-35/h4-27,42,47-50,52-55H,28-34H2,1-3H3,(H,61,63)/t42?,47-,48-,49+,50-,52-,53+,54-,55-/m1/s1. The Balaban J connectivity index is 1.04. The summed E-state index contributed by atoms with van der Waals surface area (Å²) in [5, 5.41) is 2.71. The van der Waals surface area contributed by atoms with Crippen molar-refractivity contribution in [3.63, 3.8) is 0 Å². The van der Waals surface area contributed by atoms with Gasteiger partial charge < -0.3 is 57.4 Å². The van der Waals surface area contributed by atoms with E-state index in [1.54, 1.807) is 24.3 Å². The van der Waals surface area contributed by atoms with Crippen LogP contribution in [0.4, 0.5) is 8.78 Å². The number of cyclic esters (lactones) is 1. The summed E-state index contributed by atoms with van der Waals surface area (Å²) in [7, 11) is 4.44. The Hall–Kier alpha value is -7.08. The molecular formula is C58H57F2NO13. The second-order valence-electron chi connectivity index (χ2n) is 18.5. The quantitative estimate of drug-likeness (QED) is 0.0727. The predicted octanol–water partition coefficient (Wildman–Crippen LogP) is 8.91. The van der Waals surface area contributed by atoms with E-state index in [0.717, 1.165) is 16.7 Å². The van der Waals surface area contributed by atoms with Gasteiger partial charge in [-0.1, -0.05) is 121 Å². The van der Waals surface area contributed by atoms with Gasteiger partial charge in [0.1, 0.15) is 24.4 Å². The average molecular weight is 1010 g/mol. The fourth-order valence-corrected chi connectivity index (χ4v) is 10.5. The Morgan fingerprint density at radius 1 is 0.622 bits per heavy atom. The van der Waals surface area contributed by atoms with Gasteiger partial charge in [0.2, 0.25) is 12.5 Å². The highest BCUT2D eigenvalue weighted by Gasteiger charge is 2.62. The number of methoxy groups -OCH3 is 3. The predicted molar refractivity (Wildman–Crippen MR) is 264 cm³/mol. The molecule has 0 bridgehead atoms. The van der Waals surface area contributed by atoms with Crippen molar-refractivity contribution in [2.45, 2.75) is 74.8 Å². The molecule has 1 amide bonds. The number of hydrogen-bond acceptors (Lipinski definition) is 13. The van der Waals surface area contributed by atoms with Crippen molar-refractivity contribution in [2.75, 3.05) is 41.3 Å².